The summed E-state index contributed by atoms with van der Waals surface area (Å²) in [6.07, 6.45) is 2.10. The molecule has 10 heteroatoms. The van der Waals surface area contributed by atoms with Crippen molar-refractivity contribution >= 4 is 27.7 Å². The number of methoxy groups -OCH3 is 1. The highest BCUT2D eigenvalue weighted by atomic mass is 32.2. The van der Waals surface area contributed by atoms with Gasteiger partial charge in [0.1, 0.15) is 16.7 Å². The second-order valence-corrected chi connectivity index (χ2v) is 12.0. The van der Waals surface area contributed by atoms with E-state index in [2.05, 4.69) is 5.32 Å². The predicted molar refractivity (Wildman–Crippen MR) is 159 cm³/mol. The summed E-state index contributed by atoms with van der Waals surface area (Å²) in [5.74, 6) is -0.532. The van der Waals surface area contributed by atoms with Crippen LogP contribution in [-0.4, -0.2) is 61.6 Å². The molecule has 9 nitrogen and oxygen atoms in total. The zero-order valence-corrected chi connectivity index (χ0v) is 24.8. The van der Waals surface area contributed by atoms with Crippen molar-refractivity contribution in [3.8, 4) is 5.75 Å². The molecule has 3 aromatic carbocycles. The van der Waals surface area contributed by atoms with Crippen LogP contribution in [0.25, 0.3) is 0 Å². The van der Waals surface area contributed by atoms with E-state index in [0.29, 0.717) is 18.7 Å². The maximum Gasteiger partial charge on any atom is 0.269 e. The minimum atomic E-state index is -3.97. The largest absolute Gasteiger partial charge is 0.497 e. The zero-order valence-electron chi connectivity index (χ0n) is 24.0. The Morgan fingerprint density at radius 2 is 1.67 bits per heavy atom. The molecule has 42 heavy (non-hydrogen) atoms. The number of nitrogens with one attached hydrogen (secondary N) is 1. The van der Waals surface area contributed by atoms with Gasteiger partial charge in [0.25, 0.3) is 15.9 Å². The van der Waals surface area contributed by atoms with Gasteiger partial charge in [-0.2, -0.15) is 0 Å². The monoisotopic (exact) mass is 591 g/mol. The van der Waals surface area contributed by atoms with Crippen LogP contribution in [-0.2, 0) is 32.6 Å². The topological polar surface area (TPSA) is 113 Å². The van der Waals surface area contributed by atoms with Crippen molar-refractivity contribution in [3.05, 3.63) is 95.6 Å². The van der Waals surface area contributed by atoms with Gasteiger partial charge in [-0.05, 0) is 48.2 Å². The summed E-state index contributed by atoms with van der Waals surface area (Å²) >= 11 is 0. The van der Waals surface area contributed by atoms with Crippen LogP contribution in [0.5, 0.6) is 5.75 Å². The maximum absolute atomic E-state index is 13.9. The molecule has 222 valence electrons. The Morgan fingerprint density at radius 3 is 2.38 bits per heavy atom. The molecule has 0 bridgehead atoms. The Balaban J connectivity index is 1.57. The van der Waals surface area contributed by atoms with Gasteiger partial charge >= 0.3 is 0 Å². The van der Waals surface area contributed by atoms with Crippen molar-refractivity contribution in [3.63, 3.8) is 0 Å². The van der Waals surface area contributed by atoms with E-state index in [4.69, 9.17) is 4.74 Å². The van der Waals surface area contributed by atoms with E-state index in [1.54, 1.807) is 30.2 Å². The Bertz CT molecular complexity index is 1510. The lowest BCUT2D eigenvalue weighted by molar-refractivity contribution is -0.141. The SMILES string of the molecule is CCCCNC(=O)C(Cc1ccccc1)N(Cc1cccc(OC)c1)C(=O)CCCN1C(=O)c2ccccc2S1(=O)=O. The molecule has 4 rings (SSSR count). The van der Waals surface area contributed by atoms with Gasteiger partial charge in [0.2, 0.25) is 11.8 Å². The summed E-state index contributed by atoms with van der Waals surface area (Å²) in [7, 11) is -2.41. The molecule has 1 heterocycles. The zero-order chi connectivity index (χ0) is 30.1. The van der Waals surface area contributed by atoms with Crippen molar-refractivity contribution in [1.82, 2.24) is 14.5 Å². The third-order valence-corrected chi connectivity index (χ3v) is 9.09. The number of carbonyl (C=O) groups excluding carboxylic acids is 3. The number of fused-ring (bicyclic) bond motifs is 1. The molecular formula is C32H37N3O6S. The van der Waals surface area contributed by atoms with Gasteiger partial charge in [-0.3, -0.25) is 14.4 Å². The molecular weight excluding hydrogens is 554 g/mol. The summed E-state index contributed by atoms with van der Waals surface area (Å²) in [5, 5.41) is 2.99. The van der Waals surface area contributed by atoms with Gasteiger partial charge in [-0.15, -0.1) is 0 Å². The number of amides is 3. The van der Waals surface area contributed by atoms with Crippen molar-refractivity contribution in [2.45, 2.75) is 56.5 Å². The second kappa shape index (κ2) is 14.1. The van der Waals surface area contributed by atoms with Gasteiger partial charge in [0.05, 0.1) is 12.7 Å². The molecule has 3 aromatic rings. The lowest BCUT2D eigenvalue weighted by atomic mass is 10.0. The number of sulfonamides is 1. The molecule has 0 aromatic heterocycles. The first-order chi connectivity index (χ1) is 20.3. The fraction of sp³-hybridized carbons (Fsp3) is 0.344. The fourth-order valence-electron chi connectivity index (χ4n) is 5.00. The highest BCUT2D eigenvalue weighted by Crippen LogP contribution is 2.30. The molecule has 1 unspecified atom stereocenters. The molecule has 0 saturated carbocycles. The third kappa shape index (κ3) is 7.17. The van der Waals surface area contributed by atoms with Crippen molar-refractivity contribution in [2.24, 2.45) is 0 Å². The first-order valence-electron chi connectivity index (χ1n) is 14.2. The third-order valence-electron chi connectivity index (χ3n) is 7.25. The standard InChI is InChI=1S/C32H37N3O6S/c1-3-4-19-33-31(37)28(22-24-12-6-5-7-13-24)34(23-25-14-10-15-26(21-25)41-2)30(36)18-11-20-35-32(38)27-16-8-9-17-29(27)42(35,39)40/h5-10,12-17,21,28H,3-4,11,18-20,22-23H2,1-2H3,(H,33,37). The number of hydrogen-bond acceptors (Lipinski definition) is 6. The molecule has 0 radical (unpaired) electrons. The second-order valence-electron chi connectivity index (χ2n) is 10.2. The molecule has 1 aliphatic heterocycles. The predicted octanol–water partition coefficient (Wildman–Crippen LogP) is 4.18. The van der Waals surface area contributed by atoms with E-state index in [0.717, 1.165) is 28.3 Å². The van der Waals surface area contributed by atoms with Crippen molar-refractivity contribution < 1.29 is 27.5 Å². The fourth-order valence-corrected chi connectivity index (χ4v) is 6.60. The summed E-state index contributed by atoms with van der Waals surface area (Å²) in [6.45, 7) is 2.55. The van der Waals surface area contributed by atoms with E-state index in [-0.39, 0.29) is 48.2 Å². The minimum Gasteiger partial charge on any atom is -0.497 e. The van der Waals surface area contributed by atoms with Gasteiger partial charge < -0.3 is 15.0 Å². The number of nitrogens with zero attached hydrogens (tertiary/aromatic N) is 2. The van der Waals surface area contributed by atoms with Crippen molar-refractivity contribution in [1.29, 1.82) is 0 Å². The van der Waals surface area contributed by atoms with Crippen LogP contribution >= 0.6 is 0 Å². The maximum atomic E-state index is 13.9. The van der Waals surface area contributed by atoms with E-state index < -0.39 is 22.0 Å². The highest BCUT2D eigenvalue weighted by Gasteiger charge is 2.40. The summed E-state index contributed by atoms with van der Waals surface area (Å²) in [4.78, 5) is 41.8. The number of carbonyl (C=O) groups is 3. The lowest BCUT2D eigenvalue weighted by Crippen LogP contribution is -2.50. The first-order valence-corrected chi connectivity index (χ1v) is 15.6. The Hall–Kier alpha value is -4.18. The van der Waals surface area contributed by atoms with Crippen LogP contribution in [0.15, 0.2) is 83.8 Å². The number of ether oxygens (including phenoxy) is 1. The smallest absolute Gasteiger partial charge is 0.269 e. The van der Waals surface area contributed by atoms with Crippen LogP contribution < -0.4 is 10.1 Å². The summed E-state index contributed by atoms with van der Waals surface area (Å²) in [6, 6.07) is 22.1. The number of rotatable bonds is 14. The molecule has 1 aliphatic rings. The van der Waals surface area contributed by atoms with Gasteiger partial charge in [0, 0.05) is 32.5 Å². The Morgan fingerprint density at radius 1 is 0.952 bits per heavy atom. The minimum absolute atomic E-state index is 0.0207. The van der Waals surface area contributed by atoms with Gasteiger partial charge in [-0.25, -0.2) is 12.7 Å². The average Bonchev–Trinajstić information content (AvgIpc) is 3.20. The summed E-state index contributed by atoms with van der Waals surface area (Å²) < 4.78 is 32.1. The van der Waals surface area contributed by atoms with Crippen LogP contribution in [0.2, 0.25) is 0 Å². The number of unbranched alkanes of at least 4 members (excludes halogenated alkanes) is 1. The Kier molecular flexibility index (Phi) is 10.4. The molecule has 0 fully saturated rings. The van der Waals surface area contributed by atoms with E-state index in [9.17, 15) is 22.8 Å². The number of benzene rings is 3. The van der Waals surface area contributed by atoms with Crippen LogP contribution in [0.1, 0.15) is 54.1 Å². The van der Waals surface area contributed by atoms with E-state index in [1.807, 2.05) is 55.5 Å². The molecule has 1 N–H and O–H groups in total. The molecule has 0 spiro atoms. The van der Waals surface area contributed by atoms with E-state index >= 15 is 0 Å². The normalized spacial score (nSPS) is 14.2. The quantitative estimate of drug-likeness (QED) is 0.282. The first kappa shape index (κ1) is 30.8. The van der Waals surface area contributed by atoms with Crippen LogP contribution in [0, 0.1) is 0 Å². The van der Waals surface area contributed by atoms with Crippen LogP contribution in [0.3, 0.4) is 0 Å². The highest BCUT2D eigenvalue weighted by molar-refractivity contribution is 7.90. The van der Waals surface area contributed by atoms with Gasteiger partial charge in [-0.1, -0.05) is 67.9 Å². The van der Waals surface area contributed by atoms with Crippen molar-refractivity contribution in [2.75, 3.05) is 20.2 Å². The Labute approximate surface area is 247 Å². The average molecular weight is 592 g/mol. The van der Waals surface area contributed by atoms with Gasteiger partial charge in [0.15, 0.2) is 0 Å². The lowest BCUT2D eigenvalue weighted by Gasteiger charge is -2.32. The van der Waals surface area contributed by atoms with E-state index in [1.165, 1.54) is 12.1 Å². The molecule has 0 saturated heterocycles. The molecule has 1 atom stereocenters. The molecule has 3 amide bonds. The molecule has 0 aliphatic carbocycles. The number of hydrogen-bond donors (Lipinski definition) is 1. The van der Waals surface area contributed by atoms with Crippen LogP contribution in [0.4, 0.5) is 0 Å². The summed E-state index contributed by atoms with van der Waals surface area (Å²) in [5.41, 5.74) is 1.83.